The summed E-state index contributed by atoms with van der Waals surface area (Å²) >= 11 is 0. The largest absolute Gasteiger partial charge is 0.478 e. The zero-order chi connectivity index (χ0) is 17.1. The van der Waals surface area contributed by atoms with E-state index in [9.17, 15) is 19.1 Å². The maximum absolute atomic E-state index is 13.5. The first-order chi connectivity index (χ1) is 10.8. The topological polar surface area (TPSA) is 82.2 Å². The summed E-state index contributed by atoms with van der Waals surface area (Å²) in [5.74, 6) is -1.42. The Kier molecular flexibility index (Phi) is 4.64. The Labute approximate surface area is 132 Å². The zero-order valence-electron chi connectivity index (χ0n) is 13.0. The second kappa shape index (κ2) is 6.48. The summed E-state index contributed by atoms with van der Waals surface area (Å²) < 4.78 is 13.5. The predicted molar refractivity (Wildman–Crippen MR) is 86.9 cm³/mol. The van der Waals surface area contributed by atoms with Gasteiger partial charge >= 0.3 is 5.97 Å². The van der Waals surface area contributed by atoms with Crippen LogP contribution >= 0.6 is 0 Å². The molecule has 0 atom stereocenters. The molecule has 1 amide bonds. The lowest BCUT2D eigenvalue weighted by Gasteiger charge is -2.09. The van der Waals surface area contributed by atoms with Crippen LogP contribution in [0.25, 0.3) is 11.6 Å². The van der Waals surface area contributed by atoms with E-state index in [1.807, 2.05) is 0 Å². The minimum Gasteiger partial charge on any atom is -0.478 e. The van der Waals surface area contributed by atoms with Crippen LogP contribution < -0.4 is 5.32 Å². The number of aryl methyl sites for hydroxylation is 1. The Hall–Kier alpha value is -2.89. The molecule has 120 valence electrons. The SMILES string of the molecule is C/C(=C\c1[nH]c(C)c(C(=O)O)c1C)c1cc(F)ccc1NC=O. The number of anilines is 1. The smallest absolute Gasteiger partial charge is 0.337 e. The number of benzene rings is 1. The number of carbonyl (C=O) groups is 2. The van der Waals surface area contributed by atoms with Crippen LogP contribution in [-0.2, 0) is 4.79 Å². The van der Waals surface area contributed by atoms with Crippen molar-refractivity contribution in [1.82, 2.24) is 4.98 Å². The molecule has 0 radical (unpaired) electrons. The van der Waals surface area contributed by atoms with E-state index in [4.69, 9.17) is 0 Å². The number of aromatic amines is 1. The molecule has 2 aromatic rings. The summed E-state index contributed by atoms with van der Waals surface area (Å²) in [5, 5.41) is 11.7. The van der Waals surface area contributed by atoms with Gasteiger partial charge in [0.1, 0.15) is 5.82 Å². The van der Waals surface area contributed by atoms with Crippen LogP contribution in [0.4, 0.5) is 10.1 Å². The fraction of sp³-hybridized carbons (Fsp3) is 0.176. The number of rotatable bonds is 5. The molecule has 1 aromatic carbocycles. The lowest BCUT2D eigenvalue weighted by molar-refractivity contribution is -0.105. The van der Waals surface area contributed by atoms with Crippen LogP contribution in [0.15, 0.2) is 18.2 Å². The van der Waals surface area contributed by atoms with Crippen molar-refractivity contribution in [3.63, 3.8) is 0 Å². The monoisotopic (exact) mass is 316 g/mol. The van der Waals surface area contributed by atoms with Crippen molar-refractivity contribution in [2.45, 2.75) is 20.8 Å². The van der Waals surface area contributed by atoms with Gasteiger partial charge in [0.2, 0.25) is 6.41 Å². The second-order valence-electron chi connectivity index (χ2n) is 5.25. The van der Waals surface area contributed by atoms with Crippen molar-refractivity contribution >= 4 is 29.7 Å². The van der Waals surface area contributed by atoms with Crippen LogP contribution in [0, 0.1) is 19.7 Å². The Morgan fingerprint density at radius 3 is 2.61 bits per heavy atom. The molecule has 0 spiro atoms. The van der Waals surface area contributed by atoms with Crippen LogP contribution in [0.5, 0.6) is 0 Å². The van der Waals surface area contributed by atoms with Gasteiger partial charge in [-0.05, 0) is 56.2 Å². The van der Waals surface area contributed by atoms with E-state index in [2.05, 4.69) is 10.3 Å². The van der Waals surface area contributed by atoms with Gasteiger partial charge in [0.05, 0.1) is 5.56 Å². The zero-order valence-corrected chi connectivity index (χ0v) is 13.0. The molecule has 5 nitrogen and oxygen atoms in total. The summed E-state index contributed by atoms with van der Waals surface area (Å²) in [6, 6.07) is 4.06. The third-order valence-corrected chi connectivity index (χ3v) is 3.67. The van der Waals surface area contributed by atoms with Gasteiger partial charge in [-0.25, -0.2) is 9.18 Å². The fourth-order valence-corrected chi connectivity index (χ4v) is 2.57. The highest BCUT2D eigenvalue weighted by Gasteiger charge is 2.16. The maximum Gasteiger partial charge on any atom is 0.337 e. The average Bonchev–Trinajstić information content (AvgIpc) is 2.75. The highest BCUT2D eigenvalue weighted by Crippen LogP contribution is 2.28. The molecule has 0 aliphatic heterocycles. The second-order valence-corrected chi connectivity index (χ2v) is 5.25. The Bertz CT molecular complexity index is 806. The van der Waals surface area contributed by atoms with Crippen molar-refractivity contribution < 1.29 is 19.1 Å². The van der Waals surface area contributed by atoms with E-state index in [0.717, 1.165) is 0 Å². The van der Waals surface area contributed by atoms with Crippen molar-refractivity contribution in [3.05, 3.63) is 52.1 Å². The van der Waals surface area contributed by atoms with Crippen LogP contribution in [0.1, 0.15) is 39.8 Å². The molecule has 0 aliphatic carbocycles. The summed E-state index contributed by atoms with van der Waals surface area (Å²) in [5.41, 5.74) is 3.73. The van der Waals surface area contributed by atoms with Gasteiger partial charge in [0, 0.05) is 22.6 Å². The highest BCUT2D eigenvalue weighted by atomic mass is 19.1. The van der Waals surface area contributed by atoms with Gasteiger partial charge in [-0.2, -0.15) is 0 Å². The number of carbonyl (C=O) groups excluding carboxylic acids is 1. The Morgan fingerprint density at radius 2 is 2.04 bits per heavy atom. The molecule has 0 saturated carbocycles. The standard InChI is InChI=1S/C17H17FN2O3/c1-9(13-7-12(18)4-5-14(13)19-8-21)6-15-10(2)16(17(22)23)11(3)20-15/h4-8,20H,1-3H3,(H,19,21)(H,22,23)/b9-6+. The molecule has 0 saturated heterocycles. The molecule has 23 heavy (non-hydrogen) atoms. The third-order valence-electron chi connectivity index (χ3n) is 3.67. The molecule has 6 heteroatoms. The van der Waals surface area contributed by atoms with E-state index in [1.165, 1.54) is 18.2 Å². The molecular weight excluding hydrogens is 299 g/mol. The van der Waals surface area contributed by atoms with Crippen LogP contribution in [0.3, 0.4) is 0 Å². The number of hydrogen-bond donors (Lipinski definition) is 3. The van der Waals surface area contributed by atoms with Crippen LogP contribution in [0.2, 0.25) is 0 Å². The highest BCUT2D eigenvalue weighted by molar-refractivity contribution is 5.94. The number of carboxylic acid groups (broad SMARTS) is 1. The molecule has 2 rings (SSSR count). The number of H-pyrrole nitrogens is 1. The molecule has 1 heterocycles. The van der Waals surface area contributed by atoms with E-state index in [0.29, 0.717) is 40.2 Å². The van der Waals surface area contributed by atoms with E-state index < -0.39 is 11.8 Å². The number of aromatic nitrogens is 1. The van der Waals surface area contributed by atoms with Crippen molar-refractivity contribution in [2.75, 3.05) is 5.32 Å². The number of aromatic carboxylic acids is 1. The van der Waals surface area contributed by atoms with Crippen molar-refractivity contribution in [3.8, 4) is 0 Å². The Balaban J connectivity index is 2.53. The number of nitrogens with one attached hydrogen (secondary N) is 2. The van der Waals surface area contributed by atoms with Gasteiger partial charge in [-0.3, -0.25) is 4.79 Å². The maximum atomic E-state index is 13.5. The molecule has 0 fully saturated rings. The van der Waals surface area contributed by atoms with Crippen molar-refractivity contribution in [2.24, 2.45) is 0 Å². The number of carboxylic acids is 1. The fourth-order valence-electron chi connectivity index (χ4n) is 2.57. The summed E-state index contributed by atoms with van der Waals surface area (Å²) in [7, 11) is 0. The van der Waals surface area contributed by atoms with Crippen molar-refractivity contribution in [1.29, 1.82) is 0 Å². The summed E-state index contributed by atoms with van der Waals surface area (Å²) in [4.78, 5) is 25.0. The number of halogens is 1. The van der Waals surface area contributed by atoms with Gasteiger partial charge in [0.15, 0.2) is 0 Å². The first-order valence-electron chi connectivity index (χ1n) is 6.96. The van der Waals surface area contributed by atoms with Gasteiger partial charge in [-0.15, -0.1) is 0 Å². The lowest BCUT2D eigenvalue weighted by atomic mass is 10.0. The van der Waals surface area contributed by atoms with Gasteiger partial charge < -0.3 is 15.4 Å². The van der Waals surface area contributed by atoms with Gasteiger partial charge in [0.25, 0.3) is 0 Å². The minimum absolute atomic E-state index is 0.231. The normalized spacial score (nSPS) is 11.4. The molecular formula is C17H17FN2O3. The van der Waals surface area contributed by atoms with E-state index in [1.54, 1.807) is 26.8 Å². The number of hydrogen-bond acceptors (Lipinski definition) is 2. The first kappa shape index (κ1) is 16.5. The lowest BCUT2D eigenvalue weighted by Crippen LogP contribution is -1.99. The third kappa shape index (κ3) is 3.31. The summed E-state index contributed by atoms with van der Waals surface area (Å²) in [6.45, 7) is 5.16. The molecule has 0 unspecified atom stereocenters. The average molecular weight is 316 g/mol. The number of amides is 1. The van der Waals surface area contributed by atoms with Crippen LogP contribution in [-0.4, -0.2) is 22.5 Å². The first-order valence-corrected chi connectivity index (χ1v) is 6.96. The summed E-state index contributed by atoms with van der Waals surface area (Å²) in [6.07, 6.45) is 2.26. The molecule has 3 N–H and O–H groups in total. The molecule has 1 aromatic heterocycles. The predicted octanol–water partition coefficient (Wildman–Crippen LogP) is 3.60. The van der Waals surface area contributed by atoms with Gasteiger partial charge in [-0.1, -0.05) is 0 Å². The van der Waals surface area contributed by atoms with E-state index in [-0.39, 0.29) is 5.56 Å². The Morgan fingerprint density at radius 1 is 1.35 bits per heavy atom. The quantitative estimate of drug-likeness (QED) is 0.737. The van der Waals surface area contributed by atoms with E-state index >= 15 is 0 Å². The molecule has 0 aliphatic rings. The molecule has 0 bridgehead atoms. The number of allylic oxidation sites excluding steroid dienone is 1. The minimum atomic E-state index is -0.998.